The number of amides is 1. The molecule has 0 radical (unpaired) electrons. The summed E-state index contributed by atoms with van der Waals surface area (Å²) in [6.45, 7) is 6.18. The summed E-state index contributed by atoms with van der Waals surface area (Å²) in [6.07, 6.45) is 0. The first kappa shape index (κ1) is 29.2. The number of aliphatic hydroxyl groups excluding tert-OH is 1. The number of hydrogen-bond acceptors (Lipinski definition) is 5. The second-order valence-corrected chi connectivity index (χ2v) is 8.27. The van der Waals surface area contributed by atoms with Crippen molar-refractivity contribution in [2.24, 2.45) is 0 Å². The molecule has 0 aromatic heterocycles. The smallest absolute Gasteiger partial charge is 0.257 e. The fourth-order valence-corrected chi connectivity index (χ4v) is 3.85. The minimum atomic E-state index is -0.588. The Kier molecular flexibility index (Phi) is 12.3. The van der Waals surface area contributed by atoms with E-state index in [1.807, 2.05) is 50.2 Å². The summed E-state index contributed by atoms with van der Waals surface area (Å²) in [7, 11) is 0. The molecule has 1 aliphatic rings. The predicted molar refractivity (Wildman–Crippen MR) is 143 cm³/mol. The molecule has 0 aliphatic carbocycles. The van der Waals surface area contributed by atoms with Gasteiger partial charge in [0.25, 0.3) is 5.91 Å². The minimum absolute atomic E-state index is 0.0705. The van der Waals surface area contributed by atoms with E-state index in [0.717, 1.165) is 22.8 Å². The molecule has 6 nitrogen and oxygen atoms in total. The molecular formula is C27H31Cl2FN2O4. The van der Waals surface area contributed by atoms with Crippen LogP contribution in [0.1, 0.15) is 24.2 Å². The molecule has 2 N–H and O–H groups in total. The van der Waals surface area contributed by atoms with Gasteiger partial charge in [0.05, 0.1) is 22.9 Å². The van der Waals surface area contributed by atoms with Gasteiger partial charge in [-0.3, -0.25) is 4.79 Å². The molecule has 0 bridgehead atoms. The summed E-state index contributed by atoms with van der Waals surface area (Å²) in [5.74, 6) is -0.691. The van der Waals surface area contributed by atoms with Crippen LogP contribution in [-0.4, -0.2) is 60.4 Å². The fourth-order valence-electron chi connectivity index (χ4n) is 3.42. The second-order valence-electron chi connectivity index (χ2n) is 7.42. The highest BCUT2D eigenvalue weighted by Crippen LogP contribution is 2.31. The van der Waals surface area contributed by atoms with Crippen molar-refractivity contribution in [3.63, 3.8) is 0 Å². The van der Waals surface area contributed by atoms with Crippen molar-refractivity contribution < 1.29 is 24.1 Å². The second kappa shape index (κ2) is 15.2. The third kappa shape index (κ3) is 8.59. The van der Waals surface area contributed by atoms with Crippen molar-refractivity contribution in [2.75, 3.05) is 44.3 Å². The molecule has 1 aliphatic heterocycles. The molecule has 4 rings (SSSR count). The van der Waals surface area contributed by atoms with Crippen LogP contribution in [0, 0.1) is 5.82 Å². The van der Waals surface area contributed by atoms with Gasteiger partial charge >= 0.3 is 0 Å². The van der Waals surface area contributed by atoms with Crippen molar-refractivity contribution in [1.29, 1.82) is 0 Å². The summed E-state index contributed by atoms with van der Waals surface area (Å²) < 4.78 is 18.4. The molecule has 1 fully saturated rings. The number of piperazine rings is 1. The van der Waals surface area contributed by atoms with Crippen molar-refractivity contribution in [3.8, 4) is 11.5 Å². The molecule has 0 unspecified atom stereocenters. The molecule has 1 amide bonds. The minimum Gasteiger partial charge on any atom is -0.507 e. The van der Waals surface area contributed by atoms with Crippen molar-refractivity contribution in [3.05, 3.63) is 88.2 Å². The van der Waals surface area contributed by atoms with Gasteiger partial charge in [-0.25, -0.2) is 4.39 Å². The van der Waals surface area contributed by atoms with Crippen LogP contribution in [-0.2, 0) is 0 Å². The maximum atomic E-state index is 13.1. The Labute approximate surface area is 221 Å². The zero-order valence-corrected chi connectivity index (χ0v) is 21.8. The highest BCUT2D eigenvalue weighted by atomic mass is 35.5. The number of phenols is 1. The molecule has 1 heterocycles. The molecular weight excluding hydrogens is 506 g/mol. The molecule has 0 saturated carbocycles. The average Bonchev–Trinajstić information content (AvgIpc) is 2.89. The number of hydrogen-bond donors (Lipinski definition) is 2. The number of anilines is 1. The van der Waals surface area contributed by atoms with Gasteiger partial charge in [0.2, 0.25) is 0 Å². The largest absolute Gasteiger partial charge is 0.507 e. The summed E-state index contributed by atoms with van der Waals surface area (Å²) in [5, 5.41) is 19.9. The first-order chi connectivity index (χ1) is 17.4. The number of carbonyl (C=O) groups excluding carboxylic acids is 1. The van der Waals surface area contributed by atoms with E-state index in [9.17, 15) is 14.3 Å². The van der Waals surface area contributed by atoms with Crippen molar-refractivity contribution >= 4 is 34.8 Å². The first-order valence-electron chi connectivity index (χ1n) is 11.7. The summed E-state index contributed by atoms with van der Waals surface area (Å²) in [6, 6.07) is 18.2. The first-order valence-corrected chi connectivity index (χ1v) is 12.4. The number of ether oxygens (including phenoxy) is 1. The quantitative estimate of drug-likeness (QED) is 0.425. The summed E-state index contributed by atoms with van der Waals surface area (Å²) in [5.41, 5.74) is 0.929. The number of aromatic hydroxyl groups is 1. The Morgan fingerprint density at radius 1 is 0.972 bits per heavy atom. The van der Waals surface area contributed by atoms with Crippen molar-refractivity contribution in [2.45, 2.75) is 13.8 Å². The molecule has 0 spiro atoms. The van der Waals surface area contributed by atoms with E-state index in [4.69, 9.17) is 33.0 Å². The Morgan fingerprint density at radius 3 is 2.17 bits per heavy atom. The molecule has 194 valence electrons. The Bertz CT molecular complexity index is 1090. The lowest BCUT2D eigenvalue weighted by molar-refractivity contribution is 0.0743. The number of rotatable bonds is 5. The zero-order chi connectivity index (χ0) is 26.5. The molecule has 3 aromatic carbocycles. The van der Waals surface area contributed by atoms with Crippen LogP contribution in [0.3, 0.4) is 0 Å². The van der Waals surface area contributed by atoms with E-state index in [-0.39, 0.29) is 30.4 Å². The van der Waals surface area contributed by atoms with Crippen LogP contribution >= 0.6 is 23.2 Å². The van der Waals surface area contributed by atoms with E-state index in [1.54, 1.807) is 17.0 Å². The molecule has 3 aromatic rings. The molecule has 0 atom stereocenters. The van der Waals surface area contributed by atoms with Gasteiger partial charge in [-0.05, 0) is 36.4 Å². The number of carbonyl (C=O) groups is 1. The highest BCUT2D eigenvalue weighted by molar-refractivity contribution is 6.33. The summed E-state index contributed by atoms with van der Waals surface area (Å²) >= 11 is 11.9. The number of phenolic OH excluding ortho intramolecular Hbond substituents is 1. The maximum Gasteiger partial charge on any atom is 0.257 e. The van der Waals surface area contributed by atoms with Crippen molar-refractivity contribution in [1.82, 2.24) is 4.90 Å². The van der Waals surface area contributed by atoms with E-state index < -0.39 is 5.82 Å². The fraction of sp³-hybridized carbons (Fsp3) is 0.296. The van der Waals surface area contributed by atoms with E-state index in [1.165, 1.54) is 6.07 Å². The van der Waals surface area contributed by atoms with Crippen LogP contribution in [0.15, 0.2) is 66.7 Å². The summed E-state index contributed by atoms with van der Waals surface area (Å²) in [4.78, 5) is 16.2. The van der Waals surface area contributed by atoms with Gasteiger partial charge in [0.15, 0.2) is 0 Å². The number of benzene rings is 3. The Morgan fingerprint density at radius 2 is 1.64 bits per heavy atom. The lowest BCUT2D eigenvalue weighted by Gasteiger charge is -2.36. The third-order valence-electron chi connectivity index (χ3n) is 5.11. The normalized spacial score (nSPS) is 12.6. The van der Waals surface area contributed by atoms with E-state index >= 15 is 0 Å². The lowest BCUT2D eigenvalue weighted by Crippen LogP contribution is -2.48. The maximum absolute atomic E-state index is 13.1. The van der Waals surface area contributed by atoms with E-state index in [0.29, 0.717) is 37.0 Å². The topological polar surface area (TPSA) is 73.2 Å². The standard InChI is InChI=1S/C19H20ClFN2O4.C6H5Cl.C2H6/c20-16-12-14(27-10-9-24)2-4-17(16)22-5-7-23(8-6-22)19(26)15-3-1-13(21)11-18(15)25;7-6-4-2-1-3-5-6;1-2/h1-4,11-12,24-25H,5-10H2;1-5H;1-2H3. The predicted octanol–water partition coefficient (Wildman–Crippen LogP) is 5.88. The van der Waals surface area contributed by atoms with Gasteiger partial charge in [0, 0.05) is 43.3 Å². The number of halogens is 3. The van der Waals surface area contributed by atoms with Crippen LogP contribution < -0.4 is 9.64 Å². The average molecular weight is 537 g/mol. The van der Waals surface area contributed by atoms with Gasteiger partial charge < -0.3 is 24.7 Å². The van der Waals surface area contributed by atoms with Gasteiger partial charge in [-0.15, -0.1) is 0 Å². The van der Waals surface area contributed by atoms with Gasteiger partial charge in [-0.2, -0.15) is 0 Å². The number of aliphatic hydroxyl groups is 1. The lowest BCUT2D eigenvalue weighted by atomic mass is 10.1. The van der Waals surface area contributed by atoms with Crippen LogP contribution in [0.25, 0.3) is 0 Å². The molecule has 1 saturated heterocycles. The Balaban J connectivity index is 0.000000431. The molecule has 36 heavy (non-hydrogen) atoms. The SMILES string of the molecule is CC.Clc1ccccc1.O=C(c1ccc(F)cc1O)N1CCN(c2ccc(OCCO)cc2Cl)CC1. The Hall–Kier alpha value is -3.00. The monoisotopic (exact) mass is 536 g/mol. The molecule has 9 heteroatoms. The third-order valence-corrected chi connectivity index (χ3v) is 5.66. The van der Waals surface area contributed by atoms with Crippen LogP contribution in [0.2, 0.25) is 10.0 Å². The van der Waals surface area contributed by atoms with Gasteiger partial charge in [0.1, 0.15) is 23.9 Å². The van der Waals surface area contributed by atoms with Gasteiger partial charge in [-0.1, -0.05) is 55.2 Å². The van der Waals surface area contributed by atoms with Crippen LogP contribution in [0.5, 0.6) is 11.5 Å². The van der Waals surface area contributed by atoms with E-state index in [2.05, 4.69) is 4.90 Å². The highest BCUT2D eigenvalue weighted by Gasteiger charge is 2.25. The number of nitrogens with zero attached hydrogens (tertiary/aromatic N) is 2. The van der Waals surface area contributed by atoms with Crippen LogP contribution in [0.4, 0.5) is 10.1 Å². The zero-order valence-electron chi connectivity index (χ0n) is 20.3.